The zero-order valence-corrected chi connectivity index (χ0v) is 14.7. The number of carbonyl (C=O) groups is 3. The highest BCUT2D eigenvalue weighted by Crippen LogP contribution is 2.22. The van der Waals surface area contributed by atoms with Gasteiger partial charge in [0.1, 0.15) is 11.4 Å². The van der Waals surface area contributed by atoms with Crippen molar-refractivity contribution in [3.8, 4) is 5.75 Å². The number of benzene rings is 1. The summed E-state index contributed by atoms with van der Waals surface area (Å²) >= 11 is 0. The molecular weight excluding hydrogens is 338 g/mol. The number of hydrogen-bond acceptors (Lipinski definition) is 5. The van der Waals surface area contributed by atoms with Crippen LogP contribution in [0, 0.1) is 0 Å². The number of amides is 4. The molecule has 0 spiro atoms. The Morgan fingerprint density at radius 1 is 1.23 bits per heavy atom. The van der Waals surface area contributed by atoms with E-state index in [-0.39, 0.29) is 18.0 Å². The van der Waals surface area contributed by atoms with E-state index in [0.29, 0.717) is 30.7 Å². The Labute approximate surface area is 151 Å². The first kappa shape index (κ1) is 19.5. The van der Waals surface area contributed by atoms with E-state index in [2.05, 4.69) is 5.32 Å². The molecule has 0 radical (unpaired) electrons. The lowest BCUT2D eigenvalue weighted by Gasteiger charge is -2.11. The average molecular weight is 361 g/mol. The maximum absolute atomic E-state index is 12.4. The molecule has 4 amide bonds. The molecule has 8 nitrogen and oxygen atoms in total. The molecule has 1 saturated heterocycles. The van der Waals surface area contributed by atoms with Gasteiger partial charge in [-0.15, -0.1) is 0 Å². The fourth-order valence-corrected chi connectivity index (χ4v) is 2.68. The Hall–Kier alpha value is -2.87. The molecule has 8 heteroatoms. The lowest BCUT2D eigenvalue weighted by Crippen LogP contribution is -2.31. The van der Waals surface area contributed by atoms with Gasteiger partial charge >= 0.3 is 6.03 Å². The van der Waals surface area contributed by atoms with Crippen molar-refractivity contribution in [1.29, 1.82) is 0 Å². The van der Waals surface area contributed by atoms with E-state index in [4.69, 9.17) is 9.94 Å². The van der Waals surface area contributed by atoms with Crippen LogP contribution in [0.2, 0.25) is 0 Å². The highest BCUT2D eigenvalue weighted by Gasteiger charge is 2.33. The third kappa shape index (κ3) is 5.06. The maximum atomic E-state index is 12.4. The van der Waals surface area contributed by atoms with Crippen molar-refractivity contribution in [2.24, 2.45) is 0 Å². The van der Waals surface area contributed by atoms with Crippen molar-refractivity contribution in [2.45, 2.75) is 32.1 Å². The third-order valence-corrected chi connectivity index (χ3v) is 4.06. The summed E-state index contributed by atoms with van der Waals surface area (Å²) in [6.45, 7) is 0.320. The minimum absolute atomic E-state index is 0.221. The topological polar surface area (TPSA) is 108 Å². The van der Waals surface area contributed by atoms with Crippen molar-refractivity contribution in [1.82, 2.24) is 15.7 Å². The van der Waals surface area contributed by atoms with Gasteiger partial charge < -0.3 is 10.1 Å². The van der Waals surface area contributed by atoms with Gasteiger partial charge in [-0.05, 0) is 25.0 Å². The van der Waals surface area contributed by atoms with Crippen LogP contribution in [-0.4, -0.2) is 41.6 Å². The number of nitrogens with one attached hydrogen (secondary N) is 2. The Bertz CT molecular complexity index is 702. The molecule has 140 valence electrons. The molecule has 3 N–H and O–H groups in total. The van der Waals surface area contributed by atoms with Crippen LogP contribution in [0.25, 0.3) is 6.08 Å². The van der Waals surface area contributed by atoms with Crippen molar-refractivity contribution in [3.63, 3.8) is 0 Å². The first-order valence-corrected chi connectivity index (χ1v) is 8.47. The highest BCUT2D eigenvalue weighted by molar-refractivity contribution is 6.14. The number of ether oxygens (including phenoxy) is 1. The summed E-state index contributed by atoms with van der Waals surface area (Å²) in [6.07, 6.45) is 4.72. The first-order chi connectivity index (χ1) is 12.6. The number of methoxy groups -OCH3 is 1. The predicted octanol–water partition coefficient (Wildman–Crippen LogP) is 2.04. The second-order valence-electron chi connectivity index (χ2n) is 5.89. The summed E-state index contributed by atoms with van der Waals surface area (Å²) in [5.74, 6) is -0.154. The summed E-state index contributed by atoms with van der Waals surface area (Å²) in [7, 11) is 1.54. The molecule has 0 saturated carbocycles. The number of carbonyl (C=O) groups excluding carboxylic acids is 3. The van der Waals surface area contributed by atoms with Crippen molar-refractivity contribution in [3.05, 3.63) is 35.5 Å². The largest absolute Gasteiger partial charge is 0.496 e. The van der Waals surface area contributed by atoms with Crippen LogP contribution in [-0.2, 0) is 9.59 Å². The zero-order valence-electron chi connectivity index (χ0n) is 14.7. The highest BCUT2D eigenvalue weighted by atomic mass is 16.5. The zero-order chi connectivity index (χ0) is 18.9. The van der Waals surface area contributed by atoms with Gasteiger partial charge in [0.2, 0.25) is 5.91 Å². The number of hydroxylamine groups is 1. The van der Waals surface area contributed by atoms with Gasteiger partial charge in [-0.3, -0.25) is 19.7 Å². The van der Waals surface area contributed by atoms with E-state index in [1.54, 1.807) is 30.8 Å². The SMILES string of the molecule is COc1ccccc1/C=C1\NC(=O)N(CCCCCCC(=O)NO)C1=O. The monoisotopic (exact) mass is 361 g/mol. The lowest BCUT2D eigenvalue weighted by molar-refractivity contribution is -0.129. The molecule has 0 bridgehead atoms. The molecule has 1 fully saturated rings. The van der Waals surface area contributed by atoms with Crippen molar-refractivity contribution < 1.29 is 24.3 Å². The first-order valence-electron chi connectivity index (χ1n) is 8.47. The Morgan fingerprint density at radius 3 is 2.69 bits per heavy atom. The summed E-state index contributed by atoms with van der Waals surface area (Å²) in [4.78, 5) is 36.5. The molecule has 1 heterocycles. The van der Waals surface area contributed by atoms with Gasteiger partial charge in [-0.25, -0.2) is 10.3 Å². The second kappa shape index (κ2) is 9.57. The molecule has 26 heavy (non-hydrogen) atoms. The molecule has 1 aromatic carbocycles. The molecule has 1 aromatic rings. The van der Waals surface area contributed by atoms with Crippen LogP contribution in [0.1, 0.15) is 37.7 Å². The Morgan fingerprint density at radius 2 is 1.96 bits per heavy atom. The maximum Gasteiger partial charge on any atom is 0.329 e. The van der Waals surface area contributed by atoms with Crippen LogP contribution >= 0.6 is 0 Å². The number of rotatable bonds is 9. The van der Waals surface area contributed by atoms with Gasteiger partial charge in [0.25, 0.3) is 5.91 Å². The van der Waals surface area contributed by atoms with E-state index in [1.807, 2.05) is 12.1 Å². The van der Waals surface area contributed by atoms with E-state index in [1.165, 1.54) is 4.90 Å². The summed E-state index contributed by atoms with van der Waals surface area (Å²) in [6, 6.07) is 6.80. The summed E-state index contributed by atoms with van der Waals surface area (Å²) in [5, 5.41) is 11.0. The molecule has 0 unspecified atom stereocenters. The summed E-state index contributed by atoms with van der Waals surface area (Å²) < 4.78 is 5.25. The molecular formula is C18H23N3O5. The van der Waals surface area contributed by atoms with Gasteiger partial charge in [-0.1, -0.05) is 31.0 Å². The van der Waals surface area contributed by atoms with Crippen LogP contribution < -0.4 is 15.5 Å². The molecule has 1 aliphatic rings. The summed E-state index contributed by atoms with van der Waals surface area (Å²) in [5.41, 5.74) is 2.52. The van der Waals surface area contributed by atoms with Crippen LogP contribution in [0.4, 0.5) is 4.79 Å². The number of nitrogens with zero attached hydrogens (tertiary/aromatic N) is 1. The minimum atomic E-state index is -0.434. The molecule has 1 aliphatic heterocycles. The average Bonchev–Trinajstić information content (AvgIpc) is 2.91. The Balaban J connectivity index is 1.86. The third-order valence-electron chi connectivity index (χ3n) is 4.06. The Kier molecular flexibility index (Phi) is 7.16. The van der Waals surface area contributed by atoms with E-state index in [9.17, 15) is 14.4 Å². The van der Waals surface area contributed by atoms with Gasteiger partial charge in [-0.2, -0.15) is 0 Å². The number of urea groups is 1. The predicted molar refractivity (Wildman–Crippen MR) is 94.2 cm³/mol. The van der Waals surface area contributed by atoms with Gasteiger partial charge in [0, 0.05) is 18.5 Å². The van der Waals surface area contributed by atoms with Crippen molar-refractivity contribution in [2.75, 3.05) is 13.7 Å². The normalized spacial score (nSPS) is 15.3. The number of para-hydroxylation sites is 1. The van der Waals surface area contributed by atoms with Crippen LogP contribution in [0.15, 0.2) is 30.0 Å². The minimum Gasteiger partial charge on any atom is -0.496 e. The number of imide groups is 1. The lowest BCUT2D eigenvalue weighted by atomic mass is 10.1. The fraction of sp³-hybridized carbons (Fsp3) is 0.389. The van der Waals surface area contributed by atoms with E-state index < -0.39 is 11.9 Å². The molecule has 0 aromatic heterocycles. The van der Waals surface area contributed by atoms with Crippen molar-refractivity contribution >= 4 is 23.9 Å². The van der Waals surface area contributed by atoms with Gasteiger partial charge in [0.15, 0.2) is 0 Å². The molecule has 0 aliphatic carbocycles. The molecule has 0 atom stereocenters. The standard InChI is InChI=1S/C18H23N3O5/c1-26-15-9-6-5-8-13(15)12-14-17(23)21(18(24)19-14)11-7-3-2-4-10-16(22)20-25/h5-6,8-9,12,25H,2-4,7,10-11H2,1H3,(H,19,24)(H,20,22)/b14-12-. The van der Waals surface area contributed by atoms with Crippen LogP contribution in [0.3, 0.4) is 0 Å². The van der Waals surface area contributed by atoms with Crippen LogP contribution in [0.5, 0.6) is 5.75 Å². The smallest absolute Gasteiger partial charge is 0.329 e. The number of unbranched alkanes of at least 4 members (excludes halogenated alkanes) is 3. The molecule has 2 rings (SSSR count). The van der Waals surface area contributed by atoms with Gasteiger partial charge in [0.05, 0.1) is 7.11 Å². The second-order valence-corrected chi connectivity index (χ2v) is 5.89. The quantitative estimate of drug-likeness (QED) is 0.205. The van der Waals surface area contributed by atoms with E-state index >= 15 is 0 Å². The number of hydrogen-bond donors (Lipinski definition) is 3. The fourth-order valence-electron chi connectivity index (χ4n) is 2.68. The van der Waals surface area contributed by atoms with E-state index in [0.717, 1.165) is 12.8 Å².